The van der Waals surface area contributed by atoms with Crippen molar-refractivity contribution in [3.63, 3.8) is 0 Å². The van der Waals surface area contributed by atoms with Crippen LogP contribution in [-0.4, -0.2) is 32.8 Å². The van der Waals surface area contributed by atoms with Gasteiger partial charge in [0.2, 0.25) is 0 Å². The molecule has 2 N–H and O–H groups in total. The lowest BCUT2D eigenvalue weighted by atomic mass is 9.99. The lowest BCUT2D eigenvalue weighted by molar-refractivity contribution is -0.140. The Morgan fingerprint density at radius 3 is 2.35 bits per heavy atom. The molecule has 1 amide bonds. The second-order valence-electron chi connectivity index (χ2n) is 6.95. The smallest absolute Gasteiger partial charge is 0.335 e. The lowest BCUT2D eigenvalue weighted by Crippen LogP contribution is -2.29. The molecule has 0 spiro atoms. The number of carboxylic acid groups (broad SMARTS) is 1. The van der Waals surface area contributed by atoms with Crippen LogP contribution in [-0.2, 0) is 16.1 Å². The Balaban J connectivity index is 1.78. The number of halogens is 1. The minimum atomic E-state index is -1.07. The van der Waals surface area contributed by atoms with Gasteiger partial charge < -0.3 is 19.5 Å². The Morgan fingerprint density at radius 1 is 1.00 bits per heavy atom. The molecule has 0 saturated carbocycles. The van der Waals surface area contributed by atoms with Crippen LogP contribution in [0.4, 0.5) is 0 Å². The van der Waals surface area contributed by atoms with Crippen molar-refractivity contribution in [3.8, 4) is 0 Å². The molecule has 1 fully saturated rings. The normalized spacial score (nSPS) is 17.8. The van der Waals surface area contributed by atoms with E-state index in [0.29, 0.717) is 21.9 Å². The van der Waals surface area contributed by atoms with Crippen LogP contribution in [0.1, 0.15) is 33.3 Å². The summed E-state index contributed by atoms with van der Waals surface area (Å²) >= 11 is 6.01. The molecule has 1 aliphatic heterocycles. The van der Waals surface area contributed by atoms with Crippen molar-refractivity contribution >= 4 is 35.0 Å². The van der Waals surface area contributed by atoms with Gasteiger partial charge in [0, 0.05) is 17.1 Å². The van der Waals surface area contributed by atoms with Crippen LogP contribution in [0.25, 0.3) is 5.76 Å². The first-order valence-corrected chi connectivity index (χ1v) is 9.64. The Labute approximate surface area is 181 Å². The maximum atomic E-state index is 12.9. The fraction of sp³-hybridized carbons (Fsp3) is 0.0870. The maximum absolute atomic E-state index is 12.9. The average Bonchev–Trinajstić information content (AvgIpc) is 3.36. The van der Waals surface area contributed by atoms with E-state index < -0.39 is 23.7 Å². The van der Waals surface area contributed by atoms with Crippen LogP contribution in [0, 0.1) is 0 Å². The van der Waals surface area contributed by atoms with Gasteiger partial charge in [-0.25, -0.2) is 4.79 Å². The van der Waals surface area contributed by atoms with Crippen LogP contribution >= 0.6 is 11.6 Å². The van der Waals surface area contributed by atoms with Crippen LogP contribution in [0.5, 0.6) is 0 Å². The third-order valence-corrected chi connectivity index (χ3v) is 5.24. The van der Waals surface area contributed by atoms with Crippen molar-refractivity contribution in [2.75, 3.05) is 0 Å². The summed E-state index contributed by atoms with van der Waals surface area (Å²) in [6, 6.07) is 14.6. The number of nitrogens with zero attached hydrogens (tertiary/aromatic N) is 1. The summed E-state index contributed by atoms with van der Waals surface area (Å²) in [6.45, 7) is 0.0160. The molecule has 2 heterocycles. The van der Waals surface area contributed by atoms with E-state index in [-0.39, 0.29) is 23.4 Å². The number of amides is 1. The first kappa shape index (κ1) is 20.4. The average molecular weight is 438 g/mol. The molecule has 1 unspecified atom stereocenters. The molecular weight excluding hydrogens is 422 g/mol. The molecule has 0 radical (unpaired) electrons. The molecule has 2 aromatic carbocycles. The van der Waals surface area contributed by atoms with Crippen molar-refractivity contribution < 1.29 is 29.0 Å². The zero-order chi connectivity index (χ0) is 22.1. The van der Waals surface area contributed by atoms with Gasteiger partial charge in [-0.3, -0.25) is 9.59 Å². The monoisotopic (exact) mass is 437 g/mol. The van der Waals surface area contributed by atoms with Gasteiger partial charge in [0.15, 0.2) is 0 Å². The maximum Gasteiger partial charge on any atom is 0.335 e. The van der Waals surface area contributed by atoms with Gasteiger partial charge in [-0.05, 0) is 42.0 Å². The first-order chi connectivity index (χ1) is 14.9. The number of hydrogen-bond acceptors (Lipinski definition) is 5. The summed E-state index contributed by atoms with van der Waals surface area (Å²) in [7, 11) is 0. The second-order valence-corrected chi connectivity index (χ2v) is 7.39. The van der Waals surface area contributed by atoms with E-state index in [2.05, 4.69) is 0 Å². The SMILES string of the molecule is O=C1C(=O)N(Cc2ccc(C(=O)O)cc2)C(c2ccco2)/C1=C(/O)c1cccc(Cl)c1. The van der Waals surface area contributed by atoms with E-state index in [0.717, 1.165) is 0 Å². The number of carboxylic acids is 1. The fourth-order valence-corrected chi connectivity index (χ4v) is 3.72. The molecular formula is C23H16ClNO6. The number of furan rings is 1. The highest BCUT2D eigenvalue weighted by Crippen LogP contribution is 2.40. The Kier molecular flexibility index (Phi) is 5.35. The number of aromatic carboxylic acids is 1. The Bertz CT molecular complexity index is 1200. The van der Waals surface area contributed by atoms with Crippen molar-refractivity contribution in [2.24, 2.45) is 0 Å². The third-order valence-electron chi connectivity index (χ3n) is 5.00. The highest BCUT2D eigenvalue weighted by Gasteiger charge is 2.47. The molecule has 4 rings (SSSR count). The minimum absolute atomic E-state index is 0.0160. The molecule has 31 heavy (non-hydrogen) atoms. The van der Waals surface area contributed by atoms with Gasteiger partial charge in [0.05, 0.1) is 17.4 Å². The molecule has 8 heteroatoms. The van der Waals surface area contributed by atoms with Crippen LogP contribution in [0.15, 0.2) is 76.9 Å². The molecule has 1 aliphatic rings. The van der Waals surface area contributed by atoms with E-state index in [1.54, 1.807) is 42.5 Å². The van der Waals surface area contributed by atoms with Gasteiger partial charge in [-0.2, -0.15) is 0 Å². The van der Waals surface area contributed by atoms with E-state index in [9.17, 15) is 19.5 Å². The van der Waals surface area contributed by atoms with Crippen LogP contribution < -0.4 is 0 Å². The molecule has 0 aliphatic carbocycles. The predicted octanol–water partition coefficient (Wildman–Crippen LogP) is 4.25. The van der Waals surface area contributed by atoms with Gasteiger partial charge in [-0.1, -0.05) is 35.9 Å². The number of Topliss-reactive ketones (excluding diaryl/α,β-unsaturated/α-hetero) is 1. The number of carbonyl (C=O) groups is 3. The molecule has 1 aromatic heterocycles. The van der Waals surface area contributed by atoms with Crippen molar-refractivity contribution in [1.82, 2.24) is 4.90 Å². The summed E-state index contributed by atoms with van der Waals surface area (Å²) in [5.74, 6) is -2.76. The van der Waals surface area contributed by atoms with Crippen LogP contribution in [0.2, 0.25) is 5.02 Å². The molecule has 1 saturated heterocycles. The zero-order valence-electron chi connectivity index (χ0n) is 16.0. The van der Waals surface area contributed by atoms with E-state index in [1.165, 1.54) is 29.4 Å². The summed E-state index contributed by atoms with van der Waals surface area (Å²) in [6.07, 6.45) is 1.41. The largest absolute Gasteiger partial charge is 0.507 e. The fourth-order valence-electron chi connectivity index (χ4n) is 3.53. The van der Waals surface area contributed by atoms with Gasteiger partial charge in [0.25, 0.3) is 11.7 Å². The number of hydrogen-bond donors (Lipinski definition) is 2. The summed E-state index contributed by atoms with van der Waals surface area (Å²) in [4.78, 5) is 38.1. The first-order valence-electron chi connectivity index (χ1n) is 9.27. The Morgan fingerprint density at radius 2 is 1.74 bits per heavy atom. The van der Waals surface area contributed by atoms with Crippen LogP contribution in [0.3, 0.4) is 0 Å². The number of aliphatic hydroxyl groups excluding tert-OH is 1. The van der Waals surface area contributed by atoms with Gasteiger partial charge in [0.1, 0.15) is 17.6 Å². The number of rotatable bonds is 5. The topological polar surface area (TPSA) is 108 Å². The van der Waals surface area contributed by atoms with E-state index >= 15 is 0 Å². The number of aliphatic hydroxyl groups is 1. The highest BCUT2D eigenvalue weighted by atomic mass is 35.5. The second kappa shape index (κ2) is 8.12. The highest BCUT2D eigenvalue weighted by molar-refractivity contribution is 6.46. The number of ketones is 1. The quantitative estimate of drug-likeness (QED) is 0.351. The van der Waals surface area contributed by atoms with E-state index in [1.807, 2.05) is 0 Å². The number of benzene rings is 2. The van der Waals surface area contributed by atoms with Crippen molar-refractivity contribution in [2.45, 2.75) is 12.6 Å². The standard InChI is InChI=1S/C23H16ClNO6/c24-16-4-1-3-15(11-16)20(26)18-19(17-5-2-10-31-17)25(22(28)21(18)27)12-13-6-8-14(9-7-13)23(29)30/h1-11,19,26H,12H2,(H,29,30)/b20-18-. The van der Waals surface area contributed by atoms with Gasteiger partial charge >= 0.3 is 5.97 Å². The Hall–Kier alpha value is -3.84. The summed E-state index contributed by atoms with van der Waals surface area (Å²) in [5.41, 5.74) is 0.915. The third kappa shape index (κ3) is 3.83. The molecule has 7 nitrogen and oxygen atoms in total. The van der Waals surface area contributed by atoms with E-state index in [4.69, 9.17) is 21.1 Å². The van der Waals surface area contributed by atoms with Crippen molar-refractivity contribution in [1.29, 1.82) is 0 Å². The molecule has 0 bridgehead atoms. The minimum Gasteiger partial charge on any atom is -0.507 e. The summed E-state index contributed by atoms with van der Waals surface area (Å²) < 4.78 is 5.48. The number of likely N-dealkylation sites (tertiary alicyclic amines) is 1. The molecule has 156 valence electrons. The predicted molar refractivity (Wildman–Crippen MR) is 111 cm³/mol. The molecule has 1 atom stereocenters. The van der Waals surface area contributed by atoms with Gasteiger partial charge in [-0.15, -0.1) is 0 Å². The summed E-state index contributed by atoms with van der Waals surface area (Å²) in [5, 5.41) is 20.3. The lowest BCUT2D eigenvalue weighted by Gasteiger charge is -2.23. The van der Waals surface area contributed by atoms with Crippen molar-refractivity contribution in [3.05, 3.63) is 100.0 Å². The molecule has 3 aromatic rings. The zero-order valence-corrected chi connectivity index (χ0v) is 16.7. The number of carbonyl (C=O) groups excluding carboxylic acids is 2.